The van der Waals surface area contributed by atoms with E-state index in [1.807, 2.05) is 0 Å². The van der Waals surface area contributed by atoms with Crippen molar-refractivity contribution < 1.29 is 9.53 Å². The highest BCUT2D eigenvalue weighted by atomic mass is 16.5. The van der Waals surface area contributed by atoms with Crippen molar-refractivity contribution in [3.8, 4) is 0 Å². The molecule has 0 heterocycles. The van der Waals surface area contributed by atoms with Gasteiger partial charge in [-0.05, 0) is 12.8 Å². The average Bonchev–Trinajstić information content (AvgIpc) is 2.18. The molecule has 0 spiro atoms. The molecule has 0 aliphatic heterocycles. The van der Waals surface area contributed by atoms with Crippen LogP contribution in [0.1, 0.15) is 52.4 Å². The Hall–Kier alpha value is -0.730. The summed E-state index contributed by atoms with van der Waals surface area (Å²) in [5, 5.41) is 2.74. The third-order valence-corrected chi connectivity index (χ3v) is 2.03. The first kappa shape index (κ1) is 13.3. The summed E-state index contributed by atoms with van der Waals surface area (Å²) in [5.74, 6) is 0. The van der Waals surface area contributed by atoms with Gasteiger partial charge in [-0.25, -0.2) is 4.79 Å². The summed E-state index contributed by atoms with van der Waals surface area (Å²) in [5.41, 5.74) is 0. The molecule has 1 N–H and O–H groups in total. The van der Waals surface area contributed by atoms with E-state index in [0.29, 0.717) is 6.61 Å². The molecule has 0 fully saturated rings. The lowest BCUT2D eigenvalue weighted by Gasteiger charge is -2.05. The summed E-state index contributed by atoms with van der Waals surface area (Å²) < 4.78 is 4.94. The Kier molecular flexibility index (Phi) is 9.81. The molecule has 0 unspecified atom stereocenters. The maximum atomic E-state index is 11.0. The summed E-state index contributed by atoms with van der Waals surface area (Å²) in [7, 11) is 0. The number of rotatable bonds is 8. The van der Waals surface area contributed by atoms with Crippen molar-refractivity contribution in [2.75, 3.05) is 13.2 Å². The van der Waals surface area contributed by atoms with Gasteiger partial charge in [0, 0.05) is 6.54 Å². The minimum atomic E-state index is -0.269. The Bertz CT molecular complexity index is 137. The van der Waals surface area contributed by atoms with Crippen LogP contribution in [-0.2, 0) is 4.74 Å². The first-order chi connectivity index (χ1) is 6.81. The molecule has 1 amide bonds. The fourth-order valence-electron chi connectivity index (χ4n) is 1.10. The van der Waals surface area contributed by atoms with Gasteiger partial charge < -0.3 is 10.1 Å². The predicted octanol–water partition coefficient (Wildman–Crippen LogP) is 3.09. The van der Waals surface area contributed by atoms with Crippen LogP contribution >= 0.6 is 0 Å². The molecule has 0 aliphatic carbocycles. The van der Waals surface area contributed by atoms with E-state index in [1.165, 1.54) is 19.3 Å². The molecule has 3 heteroatoms. The van der Waals surface area contributed by atoms with Crippen molar-refractivity contribution in [2.24, 2.45) is 0 Å². The maximum absolute atomic E-state index is 11.0. The summed E-state index contributed by atoms with van der Waals surface area (Å²) in [4.78, 5) is 11.0. The lowest BCUT2D eigenvalue weighted by molar-refractivity contribution is 0.144. The summed E-state index contributed by atoms with van der Waals surface area (Å²) >= 11 is 0. The van der Waals surface area contributed by atoms with Crippen LogP contribution in [0.4, 0.5) is 4.79 Å². The molecule has 0 aromatic carbocycles. The second-order valence-electron chi connectivity index (χ2n) is 3.48. The summed E-state index contributed by atoms with van der Waals surface area (Å²) in [6.07, 6.45) is 6.44. The number of ether oxygens (including phenoxy) is 1. The average molecular weight is 201 g/mol. The molecule has 84 valence electrons. The zero-order chi connectivity index (χ0) is 10.6. The second-order valence-corrected chi connectivity index (χ2v) is 3.48. The first-order valence-corrected chi connectivity index (χ1v) is 5.71. The lowest BCUT2D eigenvalue weighted by atomic mass is 10.2. The largest absolute Gasteiger partial charge is 0.450 e. The normalized spacial score (nSPS) is 9.86. The minimum absolute atomic E-state index is 0.269. The van der Waals surface area contributed by atoms with Gasteiger partial charge in [0.1, 0.15) is 0 Å². The van der Waals surface area contributed by atoms with E-state index in [-0.39, 0.29) is 6.09 Å². The first-order valence-electron chi connectivity index (χ1n) is 5.71. The van der Waals surface area contributed by atoms with E-state index in [9.17, 15) is 4.79 Å². The van der Waals surface area contributed by atoms with Crippen molar-refractivity contribution in [3.05, 3.63) is 0 Å². The molecule has 0 bridgehead atoms. The van der Waals surface area contributed by atoms with Crippen LogP contribution < -0.4 is 5.32 Å². The number of carbonyl (C=O) groups is 1. The molecule has 0 aromatic heterocycles. The Morgan fingerprint density at radius 3 is 2.43 bits per heavy atom. The van der Waals surface area contributed by atoms with Gasteiger partial charge in [0.05, 0.1) is 6.61 Å². The van der Waals surface area contributed by atoms with E-state index < -0.39 is 0 Å². The fourth-order valence-corrected chi connectivity index (χ4v) is 1.10. The number of nitrogens with one attached hydrogen (secondary N) is 1. The molecular formula is C11H23NO2. The standard InChI is InChI=1S/C11H23NO2/c1-3-5-7-8-9-12-11(13)14-10-6-4-2/h3-10H2,1-2H3,(H,12,13). The monoisotopic (exact) mass is 201 g/mol. The number of carbonyl (C=O) groups excluding carboxylic acids is 1. The smallest absolute Gasteiger partial charge is 0.407 e. The highest BCUT2D eigenvalue weighted by Gasteiger charge is 1.98. The SMILES string of the molecule is CCCCCCNC(=O)OCCCC. The number of hydrogen-bond acceptors (Lipinski definition) is 2. The Morgan fingerprint density at radius 1 is 1.07 bits per heavy atom. The fraction of sp³-hybridized carbons (Fsp3) is 0.909. The third-order valence-electron chi connectivity index (χ3n) is 2.03. The highest BCUT2D eigenvalue weighted by Crippen LogP contribution is 1.97. The zero-order valence-electron chi connectivity index (χ0n) is 9.47. The third kappa shape index (κ3) is 9.36. The molecule has 0 rings (SSSR count). The van der Waals surface area contributed by atoms with Crippen molar-refractivity contribution in [1.29, 1.82) is 0 Å². The van der Waals surface area contributed by atoms with E-state index in [4.69, 9.17) is 4.74 Å². The van der Waals surface area contributed by atoms with E-state index in [2.05, 4.69) is 19.2 Å². The Balaban J connectivity index is 3.10. The molecule has 0 saturated carbocycles. The minimum Gasteiger partial charge on any atom is -0.450 e. The number of unbranched alkanes of at least 4 members (excludes halogenated alkanes) is 4. The number of amides is 1. The molecule has 3 nitrogen and oxygen atoms in total. The Labute approximate surface area is 87.2 Å². The van der Waals surface area contributed by atoms with Crippen LogP contribution in [0.3, 0.4) is 0 Å². The van der Waals surface area contributed by atoms with Gasteiger partial charge in [-0.3, -0.25) is 0 Å². The van der Waals surface area contributed by atoms with E-state index in [1.54, 1.807) is 0 Å². The van der Waals surface area contributed by atoms with Crippen molar-refractivity contribution >= 4 is 6.09 Å². The molecule has 0 aliphatic rings. The summed E-state index contributed by atoms with van der Waals surface area (Å²) in [6.45, 7) is 5.53. The van der Waals surface area contributed by atoms with Gasteiger partial charge in [0.15, 0.2) is 0 Å². The summed E-state index contributed by atoms with van der Waals surface area (Å²) in [6, 6.07) is 0. The van der Waals surface area contributed by atoms with E-state index in [0.717, 1.165) is 25.8 Å². The van der Waals surface area contributed by atoms with Gasteiger partial charge in [-0.15, -0.1) is 0 Å². The van der Waals surface area contributed by atoms with Crippen LogP contribution in [-0.4, -0.2) is 19.2 Å². The van der Waals surface area contributed by atoms with Crippen LogP contribution in [0.25, 0.3) is 0 Å². The number of hydrogen-bond donors (Lipinski definition) is 1. The quantitative estimate of drug-likeness (QED) is 0.613. The zero-order valence-corrected chi connectivity index (χ0v) is 9.47. The second kappa shape index (κ2) is 10.4. The molecule has 0 radical (unpaired) electrons. The van der Waals surface area contributed by atoms with Gasteiger partial charge in [-0.2, -0.15) is 0 Å². The number of alkyl carbamates (subject to hydrolysis) is 1. The van der Waals surface area contributed by atoms with Crippen molar-refractivity contribution in [3.63, 3.8) is 0 Å². The van der Waals surface area contributed by atoms with Crippen LogP contribution in [0.5, 0.6) is 0 Å². The highest BCUT2D eigenvalue weighted by molar-refractivity contribution is 5.66. The topological polar surface area (TPSA) is 38.3 Å². The van der Waals surface area contributed by atoms with Gasteiger partial charge in [0.2, 0.25) is 0 Å². The van der Waals surface area contributed by atoms with Crippen LogP contribution in [0.15, 0.2) is 0 Å². The van der Waals surface area contributed by atoms with Gasteiger partial charge in [-0.1, -0.05) is 39.5 Å². The lowest BCUT2D eigenvalue weighted by Crippen LogP contribution is -2.25. The van der Waals surface area contributed by atoms with E-state index >= 15 is 0 Å². The molecule has 0 saturated heterocycles. The Morgan fingerprint density at radius 2 is 1.79 bits per heavy atom. The van der Waals surface area contributed by atoms with Crippen LogP contribution in [0, 0.1) is 0 Å². The van der Waals surface area contributed by atoms with Gasteiger partial charge >= 0.3 is 6.09 Å². The molecule has 0 atom stereocenters. The van der Waals surface area contributed by atoms with Crippen molar-refractivity contribution in [1.82, 2.24) is 5.32 Å². The predicted molar refractivity (Wildman–Crippen MR) is 58.4 cm³/mol. The molecule has 0 aromatic rings. The van der Waals surface area contributed by atoms with Crippen LogP contribution in [0.2, 0.25) is 0 Å². The molecular weight excluding hydrogens is 178 g/mol. The maximum Gasteiger partial charge on any atom is 0.407 e. The van der Waals surface area contributed by atoms with Gasteiger partial charge in [0.25, 0.3) is 0 Å². The molecule has 14 heavy (non-hydrogen) atoms. The van der Waals surface area contributed by atoms with Crippen molar-refractivity contribution in [2.45, 2.75) is 52.4 Å².